The second kappa shape index (κ2) is 5.98. The Hall–Kier alpha value is -2.28. The Morgan fingerprint density at radius 3 is 3.00 bits per heavy atom. The number of fused-ring (bicyclic) bond motifs is 1. The molecule has 2 aromatic rings. The predicted octanol–water partition coefficient (Wildman–Crippen LogP) is 2.44. The van der Waals surface area contributed by atoms with Crippen LogP contribution in [0.1, 0.15) is 27.8 Å². The van der Waals surface area contributed by atoms with Gasteiger partial charge >= 0.3 is 0 Å². The van der Waals surface area contributed by atoms with Crippen molar-refractivity contribution < 1.29 is 4.79 Å². The van der Waals surface area contributed by atoms with E-state index in [-0.39, 0.29) is 11.9 Å². The van der Waals surface area contributed by atoms with E-state index in [1.807, 2.05) is 43.9 Å². The minimum Gasteiger partial charge on any atom is -0.348 e. The zero-order valence-electron chi connectivity index (χ0n) is 13.7. The number of rotatable bonds is 3. The van der Waals surface area contributed by atoms with Crippen LogP contribution in [0, 0.1) is 6.92 Å². The van der Waals surface area contributed by atoms with E-state index in [2.05, 4.69) is 21.4 Å². The molecule has 0 radical (unpaired) electrons. The third kappa shape index (κ3) is 2.80. The lowest BCUT2D eigenvalue weighted by Gasteiger charge is -2.13. The molecule has 6 nitrogen and oxygen atoms in total. The number of aliphatic imine (C=N–C) groups is 1. The van der Waals surface area contributed by atoms with E-state index in [0.717, 1.165) is 41.0 Å². The van der Waals surface area contributed by atoms with Gasteiger partial charge in [0.15, 0.2) is 10.9 Å². The molecule has 7 heteroatoms. The molecule has 0 bridgehead atoms. The van der Waals surface area contributed by atoms with Crippen molar-refractivity contribution in [1.82, 2.24) is 14.7 Å². The number of benzene rings is 1. The minimum atomic E-state index is -0.190. The van der Waals surface area contributed by atoms with Crippen LogP contribution in [0.4, 0.5) is 5.69 Å². The van der Waals surface area contributed by atoms with E-state index >= 15 is 0 Å². The summed E-state index contributed by atoms with van der Waals surface area (Å²) in [6, 6.07) is 9.88. The Balaban J connectivity index is 1.51. The Morgan fingerprint density at radius 2 is 2.25 bits per heavy atom. The number of carbonyl (C=O) groups is 1. The summed E-state index contributed by atoms with van der Waals surface area (Å²) < 4.78 is 1.70. The molecule has 1 fully saturated rings. The van der Waals surface area contributed by atoms with Gasteiger partial charge in [-0.25, -0.2) is 0 Å². The standard InChI is InChI=1S/C17H19N5OS/c1-11-8-14(20-21(11)2)16(23)18-13-5-3-4-12(9-13)15-10-22-6-7-24-17(22)19-15/h3-5,8-9,15H,6-7,10H2,1-2H3,(H,18,23). The molecule has 1 saturated heterocycles. The summed E-state index contributed by atoms with van der Waals surface area (Å²) in [5, 5.41) is 8.30. The highest BCUT2D eigenvalue weighted by atomic mass is 32.2. The molecule has 124 valence electrons. The Morgan fingerprint density at radius 1 is 1.38 bits per heavy atom. The minimum absolute atomic E-state index is 0.154. The van der Waals surface area contributed by atoms with Crippen molar-refractivity contribution in [2.45, 2.75) is 13.0 Å². The maximum absolute atomic E-state index is 12.3. The topological polar surface area (TPSA) is 62.5 Å². The molecule has 1 N–H and O–H groups in total. The van der Waals surface area contributed by atoms with E-state index in [1.54, 1.807) is 10.7 Å². The van der Waals surface area contributed by atoms with Crippen molar-refractivity contribution in [3.8, 4) is 0 Å². The third-order valence-corrected chi connectivity index (χ3v) is 5.41. The van der Waals surface area contributed by atoms with Crippen molar-refractivity contribution in [2.75, 3.05) is 24.2 Å². The summed E-state index contributed by atoms with van der Waals surface area (Å²) in [7, 11) is 1.83. The maximum atomic E-state index is 12.3. The summed E-state index contributed by atoms with van der Waals surface area (Å²) >= 11 is 1.82. The van der Waals surface area contributed by atoms with E-state index in [9.17, 15) is 4.79 Å². The highest BCUT2D eigenvalue weighted by molar-refractivity contribution is 8.14. The molecule has 4 rings (SSSR count). The number of amidine groups is 1. The predicted molar refractivity (Wildman–Crippen MR) is 96.5 cm³/mol. The smallest absolute Gasteiger partial charge is 0.276 e. The van der Waals surface area contributed by atoms with Crippen LogP contribution in [-0.4, -0.2) is 44.6 Å². The van der Waals surface area contributed by atoms with Gasteiger partial charge in [0, 0.05) is 37.3 Å². The quantitative estimate of drug-likeness (QED) is 0.931. The largest absolute Gasteiger partial charge is 0.348 e. The van der Waals surface area contributed by atoms with E-state index in [4.69, 9.17) is 4.99 Å². The molecular weight excluding hydrogens is 322 g/mol. The number of aryl methyl sites for hydroxylation is 2. The Labute approximate surface area is 144 Å². The molecule has 3 heterocycles. The molecule has 0 saturated carbocycles. The molecule has 1 amide bonds. The van der Waals surface area contributed by atoms with Gasteiger partial charge in [0.05, 0.1) is 6.04 Å². The number of anilines is 1. The molecule has 2 aliphatic heterocycles. The number of nitrogens with one attached hydrogen (secondary N) is 1. The van der Waals surface area contributed by atoms with Gasteiger partial charge in [-0.1, -0.05) is 23.9 Å². The number of nitrogens with zero attached hydrogens (tertiary/aromatic N) is 4. The first-order chi connectivity index (χ1) is 11.6. The lowest BCUT2D eigenvalue weighted by Crippen LogP contribution is -2.21. The van der Waals surface area contributed by atoms with Gasteiger partial charge in [0.25, 0.3) is 5.91 Å². The van der Waals surface area contributed by atoms with Crippen LogP contribution in [0.5, 0.6) is 0 Å². The zero-order valence-corrected chi connectivity index (χ0v) is 14.5. The highest BCUT2D eigenvalue weighted by Crippen LogP contribution is 2.33. The molecule has 1 aromatic carbocycles. The normalized spacial score (nSPS) is 19.3. The van der Waals surface area contributed by atoms with Gasteiger partial charge in [-0.05, 0) is 30.7 Å². The van der Waals surface area contributed by atoms with Crippen molar-refractivity contribution >= 4 is 28.5 Å². The molecule has 1 aromatic heterocycles. The summed E-state index contributed by atoms with van der Waals surface area (Å²) in [4.78, 5) is 19.5. The van der Waals surface area contributed by atoms with Gasteiger partial charge in [-0.2, -0.15) is 5.10 Å². The van der Waals surface area contributed by atoms with Gasteiger partial charge in [0.1, 0.15) is 0 Å². The number of thioether (sulfide) groups is 1. The van der Waals surface area contributed by atoms with Gasteiger partial charge in [-0.15, -0.1) is 0 Å². The van der Waals surface area contributed by atoms with Crippen LogP contribution in [0.2, 0.25) is 0 Å². The SMILES string of the molecule is Cc1cc(C(=O)Nc2cccc(C3CN4CCSC4=N3)c2)nn1C. The van der Waals surface area contributed by atoms with Crippen LogP contribution in [0.25, 0.3) is 0 Å². The van der Waals surface area contributed by atoms with Crippen molar-refractivity contribution in [3.05, 3.63) is 47.3 Å². The third-order valence-electron chi connectivity index (χ3n) is 4.40. The lowest BCUT2D eigenvalue weighted by molar-refractivity contribution is 0.102. The first-order valence-corrected chi connectivity index (χ1v) is 8.96. The molecular formula is C17H19N5OS. The summed E-state index contributed by atoms with van der Waals surface area (Å²) in [6.07, 6.45) is 0. The van der Waals surface area contributed by atoms with Crippen LogP contribution in [0.3, 0.4) is 0 Å². The molecule has 1 atom stereocenters. The highest BCUT2D eigenvalue weighted by Gasteiger charge is 2.30. The molecule has 2 aliphatic rings. The average Bonchev–Trinajstić information content (AvgIpc) is 3.23. The van der Waals surface area contributed by atoms with Crippen molar-refractivity contribution in [1.29, 1.82) is 0 Å². The zero-order chi connectivity index (χ0) is 16.7. The Bertz CT molecular complexity index is 809. The van der Waals surface area contributed by atoms with Crippen LogP contribution < -0.4 is 5.32 Å². The fourth-order valence-electron chi connectivity index (χ4n) is 2.98. The second-order valence-corrected chi connectivity index (χ2v) is 7.16. The van der Waals surface area contributed by atoms with Gasteiger partial charge < -0.3 is 10.2 Å². The maximum Gasteiger partial charge on any atom is 0.276 e. The van der Waals surface area contributed by atoms with Crippen LogP contribution in [-0.2, 0) is 7.05 Å². The molecule has 0 spiro atoms. The van der Waals surface area contributed by atoms with E-state index in [0.29, 0.717) is 5.69 Å². The molecule has 24 heavy (non-hydrogen) atoms. The number of aromatic nitrogens is 2. The lowest BCUT2D eigenvalue weighted by atomic mass is 10.1. The van der Waals surface area contributed by atoms with Crippen LogP contribution in [0.15, 0.2) is 35.3 Å². The molecule has 1 unspecified atom stereocenters. The number of carbonyl (C=O) groups excluding carboxylic acids is 1. The number of hydrogen-bond donors (Lipinski definition) is 1. The van der Waals surface area contributed by atoms with E-state index in [1.165, 1.54) is 0 Å². The number of amides is 1. The fourth-order valence-corrected chi connectivity index (χ4v) is 4.02. The van der Waals surface area contributed by atoms with Gasteiger partial charge in [-0.3, -0.25) is 14.5 Å². The van der Waals surface area contributed by atoms with Gasteiger partial charge in [0.2, 0.25) is 0 Å². The monoisotopic (exact) mass is 341 g/mol. The second-order valence-electron chi connectivity index (χ2n) is 6.10. The summed E-state index contributed by atoms with van der Waals surface area (Å²) in [6.45, 7) is 3.93. The first kappa shape index (κ1) is 15.3. The van der Waals surface area contributed by atoms with Crippen LogP contribution >= 0.6 is 11.8 Å². The number of hydrogen-bond acceptors (Lipinski definition) is 5. The van der Waals surface area contributed by atoms with Crippen molar-refractivity contribution in [3.63, 3.8) is 0 Å². The summed E-state index contributed by atoms with van der Waals surface area (Å²) in [5.74, 6) is 0.940. The molecule has 0 aliphatic carbocycles. The summed E-state index contributed by atoms with van der Waals surface area (Å²) in [5.41, 5.74) is 3.29. The van der Waals surface area contributed by atoms with Crippen molar-refractivity contribution in [2.24, 2.45) is 12.0 Å². The van der Waals surface area contributed by atoms with E-state index < -0.39 is 0 Å². The first-order valence-electron chi connectivity index (χ1n) is 7.97. The fraction of sp³-hybridized carbons (Fsp3) is 0.353. The Kier molecular flexibility index (Phi) is 3.80. The average molecular weight is 341 g/mol.